The number of pyridine rings is 1. The van der Waals surface area contributed by atoms with Gasteiger partial charge in [-0.15, -0.1) is 11.6 Å². The summed E-state index contributed by atoms with van der Waals surface area (Å²) in [5, 5.41) is 4.62. The summed E-state index contributed by atoms with van der Waals surface area (Å²) in [6, 6.07) is 8.33. The van der Waals surface area contributed by atoms with Crippen molar-refractivity contribution in [2.24, 2.45) is 13.0 Å². The lowest BCUT2D eigenvalue weighted by atomic mass is 9.87. The summed E-state index contributed by atoms with van der Waals surface area (Å²) in [7, 11) is 0.500. The molecule has 0 aliphatic heterocycles. The summed E-state index contributed by atoms with van der Waals surface area (Å²) in [6.07, 6.45) is 9.97. The van der Waals surface area contributed by atoms with Crippen LogP contribution in [0.25, 0.3) is 22.0 Å². The van der Waals surface area contributed by atoms with Crippen molar-refractivity contribution in [3.63, 3.8) is 0 Å². The molecule has 2 aromatic heterocycles. The van der Waals surface area contributed by atoms with Crippen LogP contribution >= 0.6 is 11.6 Å². The Balaban J connectivity index is 1.62. The Morgan fingerprint density at radius 3 is 2.61 bits per heavy atom. The molecule has 2 aliphatic carbocycles. The van der Waals surface area contributed by atoms with Gasteiger partial charge in [-0.25, -0.2) is 0 Å². The molecule has 3 aromatic rings. The van der Waals surface area contributed by atoms with E-state index in [4.69, 9.17) is 11.6 Å². The standard InChI is InChI=1S/C24H28ClN3O2S/c1-15-3-5-16(6-4-15)27-21-8-7-17(31(30)24(25)10-11-24)13-19(21)20-14-28(2)23(29)22-18(20)9-12-26-22/h7-9,12-16,26-27H,3-6,10-11H2,1-2H3. The summed E-state index contributed by atoms with van der Waals surface area (Å²) in [5.41, 5.74) is 3.45. The Labute approximate surface area is 189 Å². The van der Waals surface area contributed by atoms with Gasteiger partial charge in [-0.2, -0.15) is 0 Å². The highest BCUT2D eigenvalue weighted by Crippen LogP contribution is 2.48. The van der Waals surface area contributed by atoms with E-state index in [2.05, 4.69) is 17.2 Å². The Hall–Kier alpha value is -2.05. The number of hydrogen-bond donors (Lipinski definition) is 2. The number of halogens is 1. The first-order chi connectivity index (χ1) is 14.9. The van der Waals surface area contributed by atoms with Crippen LogP contribution in [0.15, 0.2) is 46.3 Å². The topological polar surface area (TPSA) is 66.9 Å². The molecule has 31 heavy (non-hydrogen) atoms. The average Bonchev–Trinajstić information content (AvgIpc) is 3.32. The van der Waals surface area contributed by atoms with Gasteiger partial charge in [0.25, 0.3) is 5.56 Å². The lowest BCUT2D eigenvalue weighted by molar-refractivity contribution is 0.361. The second-order valence-electron chi connectivity index (χ2n) is 9.19. The fraction of sp³-hybridized carbons (Fsp3) is 0.458. The number of fused-ring (bicyclic) bond motifs is 1. The zero-order chi connectivity index (χ0) is 21.8. The SMILES string of the molecule is CC1CCC(Nc2ccc(S(=O)C3(Cl)CC3)cc2-c2cn(C)c(=O)c3[nH]ccc23)CC1. The van der Waals surface area contributed by atoms with Crippen molar-refractivity contribution in [3.05, 3.63) is 47.0 Å². The molecular formula is C24H28ClN3O2S. The zero-order valence-corrected chi connectivity index (χ0v) is 19.5. The molecule has 0 bridgehead atoms. The van der Waals surface area contributed by atoms with E-state index in [1.54, 1.807) is 17.8 Å². The minimum Gasteiger partial charge on any atom is -0.382 e. The van der Waals surface area contributed by atoms with Crippen LogP contribution in [0, 0.1) is 5.92 Å². The van der Waals surface area contributed by atoms with E-state index in [0.717, 1.165) is 58.7 Å². The number of anilines is 1. The van der Waals surface area contributed by atoms with Crippen LogP contribution in [0.4, 0.5) is 5.69 Å². The highest BCUT2D eigenvalue weighted by molar-refractivity contribution is 7.88. The Morgan fingerprint density at radius 1 is 1.16 bits per heavy atom. The normalized spacial score (nSPS) is 23.6. The molecule has 0 amide bonds. The lowest BCUT2D eigenvalue weighted by Crippen LogP contribution is -2.25. The van der Waals surface area contributed by atoms with Crippen LogP contribution in [0.3, 0.4) is 0 Å². The molecule has 2 N–H and O–H groups in total. The predicted molar refractivity (Wildman–Crippen MR) is 128 cm³/mol. The van der Waals surface area contributed by atoms with Crippen LogP contribution in [0.5, 0.6) is 0 Å². The Bertz CT molecular complexity index is 1220. The Morgan fingerprint density at radius 2 is 1.90 bits per heavy atom. The van der Waals surface area contributed by atoms with E-state index in [0.29, 0.717) is 11.6 Å². The van der Waals surface area contributed by atoms with Crippen molar-refractivity contribution in [1.29, 1.82) is 0 Å². The van der Waals surface area contributed by atoms with E-state index in [9.17, 15) is 9.00 Å². The van der Waals surface area contributed by atoms with Crippen LogP contribution < -0.4 is 10.9 Å². The number of H-pyrrole nitrogens is 1. The fourth-order valence-electron chi connectivity index (χ4n) is 4.59. The summed E-state index contributed by atoms with van der Waals surface area (Å²) in [4.78, 5) is 16.4. The first-order valence-electron chi connectivity index (χ1n) is 11.0. The third kappa shape index (κ3) is 3.85. The summed E-state index contributed by atoms with van der Waals surface area (Å²) in [6.45, 7) is 2.32. The van der Waals surface area contributed by atoms with Gasteiger partial charge >= 0.3 is 0 Å². The molecule has 1 aromatic carbocycles. The van der Waals surface area contributed by atoms with Crippen molar-refractivity contribution in [2.75, 3.05) is 5.32 Å². The first kappa shape index (κ1) is 20.8. The van der Waals surface area contributed by atoms with Crippen molar-refractivity contribution >= 4 is 39.0 Å². The molecule has 0 saturated heterocycles. The summed E-state index contributed by atoms with van der Waals surface area (Å²) >= 11 is 6.49. The third-order valence-corrected chi connectivity index (χ3v) is 9.29. The highest BCUT2D eigenvalue weighted by Gasteiger charge is 2.47. The molecule has 2 fully saturated rings. The zero-order valence-electron chi connectivity index (χ0n) is 17.9. The van der Waals surface area contributed by atoms with Gasteiger partial charge in [-0.1, -0.05) is 6.92 Å². The van der Waals surface area contributed by atoms with Gasteiger partial charge in [-0.05, 0) is 68.7 Å². The molecule has 1 atom stereocenters. The number of rotatable bonds is 5. The molecular weight excluding hydrogens is 430 g/mol. The predicted octanol–water partition coefficient (Wildman–Crippen LogP) is 5.36. The van der Waals surface area contributed by atoms with Gasteiger partial charge < -0.3 is 14.9 Å². The number of benzene rings is 1. The van der Waals surface area contributed by atoms with Gasteiger partial charge in [-0.3, -0.25) is 9.00 Å². The van der Waals surface area contributed by atoms with E-state index in [1.807, 2.05) is 30.5 Å². The minimum absolute atomic E-state index is 0.0584. The molecule has 5 rings (SSSR count). The first-order valence-corrected chi connectivity index (χ1v) is 12.6. The quantitative estimate of drug-likeness (QED) is 0.507. The van der Waals surface area contributed by atoms with Crippen LogP contribution in [-0.4, -0.2) is 24.0 Å². The fourth-order valence-corrected chi connectivity index (χ4v) is 6.26. The molecule has 2 saturated carbocycles. The van der Waals surface area contributed by atoms with Gasteiger partial charge in [0.1, 0.15) is 9.72 Å². The molecule has 2 heterocycles. The number of nitrogens with one attached hydrogen (secondary N) is 2. The smallest absolute Gasteiger partial charge is 0.274 e. The molecule has 164 valence electrons. The number of alkyl halides is 1. The van der Waals surface area contributed by atoms with Crippen LogP contribution in [-0.2, 0) is 17.8 Å². The maximum atomic E-state index is 13.1. The summed E-state index contributed by atoms with van der Waals surface area (Å²) in [5.74, 6) is 0.781. The number of nitrogens with zero attached hydrogens (tertiary/aromatic N) is 1. The van der Waals surface area contributed by atoms with Crippen molar-refractivity contribution in [2.45, 2.75) is 60.6 Å². The van der Waals surface area contributed by atoms with Crippen molar-refractivity contribution in [1.82, 2.24) is 9.55 Å². The minimum atomic E-state index is -1.27. The third-order valence-electron chi connectivity index (χ3n) is 6.74. The molecule has 2 aliphatic rings. The van der Waals surface area contributed by atoms with E-state index >= 15 is 0 Å². The van der Waals surface area contributed by atoms with Crippen LogP contribution in [0.2, 0.25) is 0 Å². The highest BCUT2D eigenvalue weighted by atomic mass is 35.5. The number of aromatic nitrogens is 2. The molecule has 1 unspecified atom stereocenters. The number of aromatic amines is 1. The van der Waals surface area contributed by atoms with Gasteiger partial charge in [0.15, 0.2) is 0 Å². The second kappa shape index (κ2) is 7.82. The second-order valence-corrected chi connectivity index (χ2v) is 11.9. The largest absolute Gasteiger partial charge is 0.382 e. The summed E-state index contributed by atoms with van der Waals surface area (Å²) < 4.78 is 14.1. The van der Waals surface area contributed by atoms with Gasteiger partial charge in [0.2, 0.25) is 0 Å². The number of hydrogen-bond acceptors (Lipinski definition) is 3. The number of aryl methyl sites for hydroxylation is 1. The Kier molecular flexibility index (Phi) is 5.25. The maximum Gasteiger partial charge on any atom is 0.274 e. The van der Waals surface area contributed by atoms with E-state index < -0.39 is 15.0 Å². The van der Waals surface area contributed by atoms with Gasteiger partial charge in [0.05, 0.1) is 10.8 Å². The van der Waals surface area contributed by atoms with E-state index in [-0.39, 0.29) is 5.56 Å². The van der Waals surface area contributed by atoms with Crippen LogP contribution in [0.1, 0.15) is 45.4 Å². The van der Waals surface area contributed by atoms with Crippen molar-refractivity contribution < 1.29 is 4.21 Å². The lowest BCUT2D eigenvalue weighted by Gasteiger charge is -2.29. The molecule has 0 spiro atoms. The molecule has 5 nitrogen and oxygen atoms in total. The van der Waals surface area contributed by atoms with Crippen molar-refractivity contribution in [3.8, 4) is 11.1 Å². The molecule has 0 radical (unpaired) electrons. The average molecular weight is 458 g/mol. The van der Waals surface area contributed by atoms with E-state index in [1.165, 1.54) is 12.8 Å². The van der Waals surface area contributed by atoms with Gasteiger partial charge in [0, 0.05) is 52.6 Å². The molecule has 7 heteroatoms. The monoisotopic (exact) mass is 457 g/mol. The maximum absolute atomic E-state index is 13.1.